The van der Waals surface area contributed by atoms with Crippen LogP contribution in [0.3, 0.4) is 0 Å². The lowest BCUT2D eigenvalue weighted by Crippen LogP contribution is -2.49. The van der Waals surface area contributed by atoms with Crippen LogP contribution in [0, 0.1) is 23.3 Å². The number of rotatable bonds is 21. The molecule has 8 aromatic rings. The van der Waals surface area contributed by atoms with Gasteiger partial charge < -0.3 is 70.3 Å². The number of hydrogen-bond donors (Lipinski definition) is 8. The van der Waals surface area contributed by atoms with Crippen molar-refractivity contribution in [3.63, 3.8) is 0 Å². The number of nitrogens with zero attached hydrogens (tertiary/aromatic N) is 4. The van der Waals surface area contributed by atoms with Crippen molar-refractivity contribution in [2.75, 3.05) is 47.7 Å². The molecule has 4 atom stereocenters. The summed E-state index contributed by atoms with van der Waals surface area (Å²) in [5.74, 6) is -33.2. The van der Waals surface area contributed by atoms with Gasteiger partial charge in [0, 0.05) is 95.9 Å². The minimum absolute atomic E-state index is 0.0188. The highest BCUT2D eigenvalue weighted by molar-refractivity contribution is 6.32. The lowest BCUT2D eigenvalue weighted by Gasteiger charge is -2.24. The predicted octanol–water partition coefficient (Wildman–Crippen LogP) is 14.7. The van der Waals surface area contributed by atoms with Crippen LogP contribution in [0.15, 0.2) is 122 Å². The Balaban J connectivity index is 0.000000211. The molecule has 0 aliphatic carbocycles. The predicted molar refractivity (Wildman–Crippen MR) is 381 cm³/mol. The fourth-order valence-electron chi connectivity index (χ4n) is 10.4. The van der Waals surface area contributed by atoms with Gasteiger partial charge in [0.1, 0.15) is 40.7 Å². The van der Waals surface area contributed by atoms with E-state index in [1.807, 2.05) is 0 Å². The molecule has 4 aromatic heterocycles. The Hall–Kier alpha value is -10.4. The number of aryl methyl sites for hydroxylation is 4. The van der Waals surface area contributed by atoms with E-state index >= 15 is 0 Å². The Morgan fingerprint density at radius 2 is 0.711 bits per heavy atom. The first-order valence-corrected chi connectivity index (χ1v) is 34.4. The van der Waals surface area contributed by atoms with Crippen molar-refractivity contribution in [1.82, 2.24) is 39.5 Å². The number of amides is 8. The van der Waals surface area contributed by atoms with E-state index in [1.165, 1.54) is 69.2 Å². The van der Waals surface area contributed by atoms with Crippen molar-refractivity contribution < 1.29 is 122 Å². The molecule has 43 heteroatoms. The molecule has 2 aliphatic heterocycles. The number of anilines is 4. The highest BCUT2D eigenvalue weighted by Crippen LogP contribution is 2.38. The average molecular weight is 1710 g/mol. The minimum atomic E-state index is -4.93. The number of aromatic nitrogens is 4. The number of carbonyl (C=O) groups excluding carboxylic acids is 8. The Morgan fingerprint density at radius 3 is 1.02 bits per heavy atom. The SMILES string of the molecule is C[C@H](NC(=O)C(F)(F)c1c(C(=O)Nc2ccc(F)c(Cl)c2)ccn1C)C(F)(F)F.C[C@H](NC(=O)C(F)(F)c1cc(C(=O)Nc2ccc(F)c(Cl)c2)cn1C)C(C)(F)F.Cn1cc(C(=O)Nc2ccc(F)c(Cl)c2)cc1C(F)(F)C(=O)N[C@@H]1CCOC1.Cn1ccc(C(=O)Nc2ccc(F)c(Cl)c2)c1C(F)(F)C(=O)N[C@@H]1CCOC1. The summed E-state index contributed by atoms with van der Waals surface area (Å²) in [6, 6.07) is 12.0. The normalized spacial score (nSPS) is 14.9. The number of hydrogen-bond acceptors (Lipinski definition) is 10. The average Bonchev–Trinajstić information content (AvgIpc) is 1.60. The highest BCUT2D eigenvalue weighted by atomic mass is 35.5. The Morgan fingerprint density at radius 1 is 0.412 bits per heavy atom. The molecule has 114 heavy (non-hydrogen) atoms. The third-order valence-electron chi connectivity index (χ3n) is 16.7. The maximum atomic E-state index is 14.8. The van der Waals surface area contributed by atoms with Gasteiger partial charge in [0.25, 0.3) is 53.2 Å². The second-order valence-electron chi connectivity index (χ2n) is 25.4. The first-order valence-electron chi connectivity index (χ1n) is 32.9. The number of benzene rings is 4. The quantitative estimate of drug-likeness (QED) is 0.0315. The van der Waals surface area contributed by atoms with Gasteiger partial charge >= 0.3 is 29.9 Å². The molecule has 2 saturated heterocycles. The van der Waals surface area contributed by atoms with Crippen molar-refractivity contribution >= 4 is 116 Å². The van der Waals surface area contributed by atoms with Crippen LogP contribution in [-0.2, 0) is 80.5 Å². The molecule has 2 aliphatic rings. The molecule has 22 nitrogen and oxygen atoms in total. The highest BCUT2D eigenvalue weighted by Gasteiger charge is 2.51. The first-order chi connectivity index (χ1) is 52.9. The molecule has 4 aromatic carbocycles. The van der Waals surface area contributed by atoms with Gasteiger partial charge in [-0.05, 0) is 124 Å². The molecule has 8 amide bonds. The topological polar surface area (TPSA) is 271 Å². The van der Waals surface area contributed by atoms with Crippen LogP contribution in [0.4, 0.5) is 97.4 Å². The summed E-state index contributed by atoms with van der Waals surface area (Å²) in [4.78, 5) is 97.4. The van der Waals surface area contributed by atoms with Gasteiger partial charge in [-0.3, -0.25) is 38.4 Å². The van der Waals surface area contributed by atoms with Gasteiger partial charge in [-0.1, -0.05) is 46.4 Å². The molecule has 0 radical (unpaired) electrons. The van der Waals surface area contributed by atoms with Gasteiger partial charge in [-0.25, -0.2) is 26.3 Å². The molecule has 0 spiro atoms. The van der Waals surface area contributed by atoms with Crippen molar-refractivity contribution in [3.05, 3.63) is 210 Å². The molecule has 6 heterocycles. The smallest absolute Gasteiger partial charge is 0.379 e. The van der Waals surface area contributed by atoms with Gasteiger partial charge in [0.15, 0.2) is 0 Å². The molecule has 0 saturated carbocycles. The van der Waals surface area contributed by atoms with E-state index < -0.39 is 159 Å². The third kappa shape index (κ3) is 22.6. The van der Waals surface area contributed by atoms with Gasteiger partial charge in [-0.2, -0.15) is 48.3 Å². The second-order valence-corrected chi connectivity index (χ2v) is 27.0. The monoisotopic (exact) mass is 1710 g/mol. The van der Waals surface area contributed by atoms with Crippen molar-refractivity contribution in [2.24, 2.45) is 28.2 Å². The van der Waals surface area contributed by atoms with Crippen molar-refractivity contribution in [3.8, 4) is 0 Å². The molecule has 0 unspecified atom stereocenters. The Labute approximate surface area is 655 Å². The van der Waals surface area contributed by atoms with E-state index in [2.05, 4.69) is 31.9 Å². The van der Waals surface area contributed by atoms with Crippen LogP contribution in [-0.4, -0.2) is 128 Å². The summed E-state index contributed by atoms with van der Waals surface area (Å²) in [6.45, 7) is 3.02. The summed E-state index contributed by atoms with van der Waals surface area (Å²) >= 11 is 22.5. The summed E-state index contributed by atoms with van der Waals surface area (Å²) in [7, 11) is 4.87. The standard InChI is InChI=1S/C18H17ClF5N3O2.2C18H17ClF3N3O3.C17H14ClF6N3O2/c1-9(17(2,21)22)25-16(29)18(23,24)14-6-10(8-27(14)3)15(28)26-11-4-5-13(20)12(19)7-11;1-25-6-4-12(16(26)23-10-2-3-14(20)13(19)8-10)15(25)18(21,22)17(27)24-11-5-7-28-9-11;1-25-8-10(16(26)23-11-2-3-14(20)13(19)7-11)6-15(25)18(21,22)17(27)24-12-4-5-28-9-12;1-8(17(22,23)24)25-15(29)16(20,21)13-10(5-6-27(13)2)14(28)26-9-3-4-12(19)11(18)7-9/h4-9H,1-3H3,(H,25,29)(H,26,28);2-4,6,8,11H,5,7,9H2,1H3,(H,23,26)(H,24,27);2-3,6-8,12H,4-5,9H2,1H3,(H,23,26)(H,24,27);3-8H,1-2H3,(H,25,29)(H,26,28)/t9-;11-;12-;8-/m0110/s1. The minimum Gasteiger partial charge on any atom is -0.379 e. The van der Waals surface area contributed by atoms with Crippen LogP contribution in [0.25, 0.3) is 0 Å². The number of nitrogens with one attached hydrogen (secondary N) is 8. The Kier molecular flexibility index (Phi) is 29.4. The zero-order valence-corrected chi connectivity index (χ0v) is 62.9. The largest absolute Gasteiger partial charge is 0.408 e. The maximum absolute atomic E-state index is 14.8. The summed E-state index contributed by atoms with van der Waals surface area (Å²) < 4.78 is 248. The first kappa shape index (κ1) is 90.8. The summed E-state index contributed by atoms with van der Waals surface area (Å²) in [5, 5.41) is 15.6. The number of halogens is 21. The molecule has 8 N–H and O–H groups in total. The molecular weight excluding hydrogens is 1650 g/mol. The Bertz CT molecular complexity index is 4900. The molecule has 2 fully saturated rings. The molecular formula is C71H65Cl4F17N12O10. The molecule has 0 bridgehead atoms. The zero-order chi connectivity index (χ0) is 85.2. The number of carbonyl (C=O) groups is 8. The molecule has 616 valence electrons. The van der Waals surface area contributed by atoms with Gasteiger partial charge in [-0.15, -0.1) is 0 Å². The van der Waals surface area contributed by atoms with Crippen LogP contribution >= 0.6 is 46.4 Å². The van der Waals surface area contributed by atoms with E-state index in [0.29, 0.717) is 39.9 Å². The van der Waals surface area contributed by atoms with Crippen LogP contribution in [0.5, 0.6) is 0 Å². The third-order valence-corrected chi connectivity index (χ3v) is 17.9. The van der Waals surface area contributed by atoms with E-state index in [4.69, 9.17) is 55.9 Å². The summed E-state index contributed by atoms with van der Waals surface area (Å²) in [5.41, 5.74) is -4.31. The number of alkyl halides is 13. The lowest BCUT2D eigenvalue weighted by atomic mass is 10.1. The second kappa shape index (κ2) is 36.9. The van der Waals surface area contributed by atoms with Gasteiger partial charge in [0.2, 0.25) is 0 Å². The maximum Gasteiger partial charge on any atom is 0.408 e. The number of ether oxygens (including phenoxy) is 2. The van der Waals surface area contributed by atoms with Crippen molar-refractivity contribution in [1.29, 1.82) is 0 Å². The lowest BCUT2D eigenvalue weighted by molar-refractivity contribution is -0.169. The van der Waals surface area contributed by atoms with Crippen LogP contribution < -0.4 is 42.5 Å². The van der Waals surface area contributed by atoms with E-state index in [0.717, 1.165) is 111 Å². The fraction of sp³-hybridized carbons (Fsp3) is 0.324. The summed E-state index contributed by atoms with van der Waals surface area (Å²) in [6.07, 6.45) is 0.473. The fourth-order valence-corrected chi connectivity index (χ4v) is 11.1. The van der Waals surface area contributed by atoms with E-state index in [-0.39, 0.29) is 72.7 Å². The van der Waals surface area contributed by atoms with Crippen LogP contribution in [0.1, 0.15) is 97.8 Å². The van der Waals surface area contributed by atoms with E-state index in [9.17, 15) is 113 Å². The van der Waals surface area contributed by atoms with Crippen molar-refractivity contribution in [2.45, 2.75) is 93.6 Å². The van der Waals surface area contributed by atoms with E-state index in [1.54, 1.807) is 5.32 Å². The van der Waals surface area contributed by atoms with Gasteiger partial charge in [0.05, 0.1) is 85.1 Å². The van der Waals surface area contributed by atoms with Crippen LogP contribution in [0.2, 0.25) is 20.1 Å². The zero-order valence-electron chi connectivity index (χ0n) is 59.9. The molecule has 10 rings (SSSR count).